The largest absolute Gasteiger partial charge is 0.460 e. The maximum absolute atomic E-state index is 6.53. The van der Waals surface area contributed by atoms with Gasteiger partial charge in [0.25, 0.3) is 0 Å². The Kier molecular flexibility index (Phi) is 8.61. The third-order valence-corrected chi connectivity index (χ3v) is 9.37. The van der Waals surface area contributed by atoms with Crippen molar-refractivity contribution in [3.05, 3.63) is 185 Å². The molecule has 0 aliphatic rings. The van der Waals surface area contributed by atoms with Crippen LogP contribution in [-0.4, -0.2) is 11.7 Å². The summed E-state index contributed by atoms with van der Waals surface area (Å²) in [7, 11) is 0. The molecule has 8 aromatic rings. The summed E-state index contributed by atoms with van der Waals surface area (Å²) in [5, 5.41) is 3.19. The number of rotatable bonds is 8. The van der Waals surface area contributed by atoms with Crippen LogP contribution in [0.1, 0.15) is 47.4 Å². The smallest absolute Gasteiger partial charge is 0.157 e. The van der Waals surface area contributed by atoms with Gasteiger partial charge in [-0.25, -0.2) is 4.99 Å². The standard InChI is InChI=1S/C46H37N3O2/c1-3-35(30-16-8-5-9-17-30)43-38(4-2)50-41-25-15-23-36(44(41)43)33-26-27-39-37(28-33)42-34(22-14-24-40(42)51-39)29-48-46(32-20-12-7-13-21-32)49-45(47)31-18-10-6-11-19-31/h3,5-28H,4,29H2,1-2H3,(H2,47,48,49)/b35-3-. The number of hydrogen-bond donors (Lipinski definition) is 1. The summed E-state index contributed by atoms with van der Waals surface area (Å²) in [4.78, 5) is 9.87. The Hall–Kier alpha value is -6.46. The lowest BCUT2D eigenvalue weighted by molar-refractivity contribution is 0.555. The highest BCUT2D eigenvalue weighted by Crippen LogP contribution is 2.42. The average molecular weight is 664 g/mol. The first-order valence-electron chi connectivity index (χ1n) is 17.3. The first kappa shape index (κ1) is 31.8. The Morgan fingerprint density at radius 2 is 1.29 bits per heavy atom. The summed E-state index contributed by atoms with van der Waals surface area (Å²) in [5.74, 6) is 1.97. The first-order chi connectivity index (χ1) is 25.1. The molecule has 5 nitrogen and oxygen atoms in total. The van der Waals surface area contributed by atoms with Crippen LogP contribution >= 0.6 is 0 Å². The molecule has 2 aromatic heterocycles. The number of fused-ring (bicyclic) bond motifs is 4. The minimum Gasteiger partial charge on any atom is -0.460 e. The Bertz CT molecular complexity index is 2590. The van der Waals surface area contributed by atoms with Gasteiger partial charge in [-0.2, -0.15) is 0 Å². The van der Waals surface area contributed by atoms with Gasteiger partial charge in [0.15, 0.2) is 5.84 Å². The van der Waals surface area contributed by atoms with Crippen LogP contribution in [-0.2, 0) is 13.0 Å². The third kappa shape index (κ3) is 6.04. The van der Waals surface area contributed by atoms with Gasteiger partial charge in [-0.3, -0.25) is 4.99 Å². The topological polar surface area (TPSA) is 77.0 Å². The van der Waals surface area contributed by atoms with E-state index in [1.807, 2.05) is 72.8 Å². The van der Waals surface area contributed by atoms with Crippen molar-refractivity contribution in [1.82, 2.24) is 0 Å². The fourth-order valence-corrected chi connectivity index (χ4v) is 6.97. The SMILES string of the molecule is C/C=C(/c1ccccc1)c1c(CC)oc2cccc(-c3ccc4oc5cccc(CN=C(N=C(N)c6ccccc6)c6ccccc6)c5c4c3)c12. The van der Waals surface area contributed by atoms with E-state index in [0.29, 0.717) is 18.2 Å². The molecule has 51 heavy (non-hydrogen) atoms. The van der Waals surface area contributed by atoms with Gasteiger partial charge in [-0.1, -0.05) is 134 Å². The third-order valence-electron chi connectivity index (χ3n) is 9.37. The quantitative estimate of drug-likeness (QED) is 0.130. The van der Waals surface area contributed by atoms with E-state index in [4.69, 9.17) is 24.6 Å². The number of nitrogens with zero attached hydrogens (tertiary/aromatic N) is 2. The lowest BCUT2D eigenvalue weighted by atomic mass is 9.90. The number of benzene rings is 6. The van der Waals surface area contributed by atoms with E-state index < -0.39 is 0 Å². The van der Waals surface area contributed by atoms with Crippen LogP contribution in [0.4, 0.5) is 0 Å². The number of hydrogen-bond acceptors (Lipinski definition) is 3. The second kappa shape index (κ2) is 13.8. The first-order valence-corrected chi connectivity index (χ1v) is 17.3. The molecule has 2 N–H and O–H groups in total. The fraction of sp³-hybridized carbons (Fsp3) is 0.0870. The Labute approximate surface area is 297 Å². The van der Waals surface area contributed by atoms with Crippen LogP contribution in [0.25, 0.3) is 49.6 Å². The maximum Gasteiger partial charge on any atom is 0.157 e. The second-order valence-electron chi connectivity index (χ2n) is 12.5. The van der Waals surface area contributed by atoms with Gasteiger partial charge < -0.3 is 14.6 Å². The molecule has 0 fully saturated rings. The number of amidine groups is 2. The van der Waals surface area contributed by atoms with Crippen LogP contribution < -0.4 is 5.73 Å². The van der Waals surface area contributed by atoms with Crippen LogP contribution in [0.15, 0.2) is 170 Å². The minimum atomic E-state index is 0.398. The number of allylic oxidation sites excluding steroid dienone is 1. The Balaban J connectivity index is 1.26. The number of furan rings is 2. The van der Waals surface area contributed by atoms with Crippen molar-refractivity contribution in [3.8, 4) is 11.1 Å². The lowest BCUT2D eigenvalue weighted by Gasteiger charge is -2.11. The van der Waals surface area contributed by atoms with E-state index in [2.05, 4.69) is 92.7 Å². The van der Waals surface area contributed by atoms with Gasteiger partial charge in [0.05, 0.1) is 6.54 Å². The summed E-state index contributed by atoms with van der Waals surface area (Å²) in [6.45, 7) is 4.65. The van der Waals surface area contributed by atoms with Gasteiger partial charge in [-0.05, 0) is 59.0 Å². The predicted molar refractivity (Wildman–Crippen MR) is 211 cm³/mol. The van der Waals surface area contributed by atoms with E-state index in [9.17, 15) is 0 Å². The highest BCUT2D eigenvalue weighted by molar-refractivity contribution is 6.12. The van der Waals surface area contributed by atoms with Crippen molar-refractivity contribution in [2.75, 3.05) is 0 Å². The highest BCUT2D eigenvalue weighted by Gasteiger charge is 2.22. The zero-order valence-electron chi connectivity index (χ0n) is 28.6. The highest BCUT2D eigenvalue weighted by atomic mass is 16.3. The minimum absolute atomic E-state index is 0.398. The van der Waals surface area contributed by atoms with Crippen LogP contribution in [0.2, 0.25) is 0 Å². The molecule has 0 atom stereocenters. The summed E-state index contributed by atoms with van der Waals surface area (Å²) in [6.07, 6.45) is 2.98. The lowest BCUT2D eigenvalue weighted by Crippen LogP contribution is -2.16. The molecule has 0 amide bonds. The zero-order valence-corrected chi connectivity index (χ0v) is 28.6. The number of aliphatic imine (C=N–C) groups is 2. The molecule has 0 bridgehead atoms. The number of nitrogens with two attached hydrogens (primary N) is 1. The summed E-state index contributed by atoms with van der Waals surface area (Å²) in [6, 6.07) is 49.2. The van der Waals surface area contributed by atoms with E-state index in [-0.39, 0.29) is 0 Å². The van der Waals surface area contributed by atoms with Gasteiger partial charge in [0.2, 0.25) is 0 Å². The molecule has 248 valence electrons. The van der Waals surface area contributed by atoms with Gasteiger partial charge >= 0.3 is 0 Å². The molecule has 0 aliphatic heterocycles. The van der Waals surface area contributed by atoms with Crippen molar-refractivity contribution in [2.45, 2.75) is 26.8 Å². The zero-order chi connectivity index (χ0) is 34.7. The van der Waals surface area contributed by atoms with Gasteiger partial charge in [0.1, 0.15) is 28.3 Å². The average Bonchev–Trinajstić information content (AvgIpc) is 3.76. The molecule has 6 aromatic carbocycles. The van der Waals surface area contributed by atoms with E-state index in [1.165, 1.54) is 11.1 Å². The maximum atomic E-state index is 6.53. The predicted octanol–water partition coefficient (Wildman–Crippen LogP) is 11.4. The molecule has 2 heterocycles. The fourth-order valence-electron chi connectivity index (χ4n) is 6.97. The molecule has 0 aliphatic carbocycles. The van der Waals surface area contributed by atoms with Crippen molar-refractivity contribution >= 4 is 50.2 Å². The molecule has 0 spiro atoms. The van der Waals surface area contributed by atoms with E-state index >= 15 is 0 Å². The molecular formula is C46H37N3O2. The molecule has 0 saturated heterocycles. The molecule has 8 rings (SSSR count). The molecule has 5 heteroatoms. The second-order valence-corrected chi connectivity index (χ2v) is 12.5. The van der Waals surface area contributed by atoms with Gasteiger partial charge in [-0.15, -0.1) is 0 Å². The van der Waals surface area contributed by atoms with E-state index in [1.54, 1.807) is 0 Å². The summed E-state index contributed by atoms with van der Waals surface area (Å²) in [5.41, 5.74) is 17.5. The van der Waals surface area contributed by atoms with Crippen molar-refractivity contribution in [1.29, 1.82) is 0 Å². The molecule has 0 unspecified atom stereocenters. The van der Waals surface area contributed by atoms with E-state index in [0.717, 1.165) is 78.5 Å². The Morgan fingerprint density at radius 1 is 0.647 bits per heavy atom. The monoisotopic (exact) mass is 663 g/mol. The van der Waals surface area contributed by atoms with Crippen LogP contribution in [0.5, 0.6) is 0 Å². The summed E-state index contributed by atoms with van der Waals surface area (Å²) >= 11 is 0. The van der Waals surface area contributed by atoms with Crippen molar-refractivity contribution < 1.29 is 8.83 Å². The van der Waals surface area contributed by atoms with Crippen LogP contribution in [0, 0.1) is 0 Å². The molecule has 0 radical (unpaired) electrons. The molecular weight excluding hydrogens is 627 g/mol. The summed E-state index contributed by atoms with van der Waals surface area (Å²) < 4.78 is 12.9. The normalized spacial score (nSPS) is 12.7. The number of aryl methyl sites for hydroxylation is 1. The van der Waals surface area contributed by atoms with Crippen molar-refractivity contribution in [2.24, 2.45) is 15.7 Å². The van der Waals surface area contributed by atoms with Crippen molar-refractivity contribution in [3.63, 3.8) is 0 Å². The molecule has 0 saturated carbocycles. The van der Waals surface area contributed by atoms with Crippen LogP contribution in [0.3, 0.4) is 0 Å². The Morgan fingerprint density at radius 3 is 1.98 bits per heavy atom. The van der Waals surface area contributed by atoms with Gasteiger partial charge in [0, 0.05) is 39.3 Å².